The molecule has 4 rings (SSSR count). The highest BCUT2D eigenvalue weighted by Crippen LogP contribution is 2.41. The lowest BCUT2D eigenvalue weighted by Crippen LogP contribution is -2.26. The van der Waals surface area contributed by atoms with E-state index in [1.807, 2.05) is 91.0 Å². The third kappa shape index (κ3) is 4.31. The Bertz CT molecular complexity index is 1050. The van der Waals surface area contributed by atoms with E-state index in [-0.39, 0.29) is 5.91 Å². The number of hydrogen-bond donors (Lipinski definition) is 0. The molecule has 0 aliphatic rings. The number of hydrogen-bond acceptors (Lipinski definition) is 4. The molecule has 0 radical (unpaired) electrons. The first-order valence-corrected chi connectivity index (χ1v) is 10.6. The van der Waals surface area contributed by atoms with E-state index in [0.29, 0.717) is 11.0 Å². The highest BCUT2D eigenvalue weighted by Gasteiger charge is 2.27. The zero-order chi connectivity index (χ0) is 20.9. The van der Waals surface area contributed by atoms with E-state index < -0.39 is 5.25 Å². The van der Waals surface area contributed by atoms with E-state index >= 15 is 0 Å². The number of rotatable bonds is 6. The number of aromatic nitrogens is 1. The molecule has 30 heavy (non-hydrogen) atoms. The van der Waals surface area contributed by atoms with E-state index in [9.17, 15) is 4.79 Å². The average Bonchev–Trinajstić information content (AvgIpc) is 3.23. The highest BCUT2D eigenvalue weighted by atomic mass is 32.2. The van der Waals surface area contributed by atoms with Gasteiger partial charge in [-0.3, -0.25) is 4.79 Å². The van der Waals surface area contributed by atoms with Gasteiger partial charge >= 0.3 is 0 Å². The second-order valence-corrected chi connectivity index (χ2v) is 8.09. The fourth-order valence-corrected chi connectivity index (χ4v) is 4.23. The number of carbonyl (C=O) groups excluding carboxylic acids is 1. The summed E-state index contributed by atoms with van der Waals surface area (Å²) in [4.78, 5) is 19.3. The SMILES string of the molecule is CN(C)C(=O)[C@H](Sc1nc(-c2ccccc2)c(-c2ccccc2)o1)c1ccccc1. The number of amides is 1. The Hall–Kier alpha value is -3.31. The molecule has 150 valence electrons. The second kappa shape index (κ2) is 9.01. The van der Waals surface area contributed by atoms with Gasteiger partial charge in [-0.15, -0.1) is 0 Å². The van der Waals surface area contributed by atoms with Gasteiger partial charge in [0.1, 0.15) is 10.9 Å². The molecule has 1 atom stereocenters. The predicted molar refractivity (Wildman–Crippen MR) is 121 cm³/mol. The van der Waals surface area contributed by atoms with E-state index in [1.165, 1.54) is 11.8 Å². The number of thioether (sulfide) groups is 1. The van der Waals surface area contributed by atoms with Crippen molar-refractivity contribution in [1.82, 2.24) is 9.88 Å². The summed E-state index contributed by atoms with van der Waals surface area (Å²) < 4.78 is 6.22. The summed E-state index contributed by atoms with van der Waals surface area (Å²) in [5.74, 6) is 0.695. The normalized spacial score (nSPS) is 11.8. The van der Waals surface area contributed by atoms with E-state index in [4.69, 9.17) is 9.40 Å². The minimum Gasteiger partial charge on any atom is -0.431 e. The average molecular weight is 415 g/mol. The minimum atomic E-state index is -0.438. The molecule has 0 unspecified atom stereocenters. The number of likely N-dealkylation sites (N-methyl/N-ethyl adjacent to an activating group) is 1. The summed E-state index contributed by atoms with van der Waals surface area (Å²) in [6, 6.07) is 29.6. The molecular formula is C25H22N2O2S. The molecule has 0 spiro atoms. The van der Waals surface area contributed by atoms with E-state index in [1.54, 1.807) is 19.0 Å². The Balaban J connectivity index is 1.77. The van der Waals surface area contributed by atoms with Crippen LogP contribution in [-0.2, 0) is 4.79 Å². The first-order chi connectivity index (χ1) is 14.6. The monoisotopic (exact) mass is 414 g/mol. The number of benzene rings is 3. The van der Waals surface area contributed by atoms with Crippen molar-refractivity contribution in [2.45, 2.75) is 10.5 Å². The molecule has 0 fully saturated rings. The molecule has 0 aliphatic carbocycles. The van der Waals surface area contributed by atoms with Crippen LogP contribution in [0, 0.1) is 0 Å². The molecule has 0 bridgehead atoms. The van der Waals surface area contributed by atoms with Gasteiger partial charge in [-0.2, -0.15) is 0 Å². The van der Waals surface area contributed by atoms with Crippen LogP contribution in [-0.4, -0.2) is 29.9 Å². The zero-order valence-electron chi connectivity index (χ0n) is 16.9. The second-order valence-electron chi connectivity index (χ2n) is 7.03. The molecule has 0 saturated heterocycles. The van der Waals surface area contributed by atoms with Crippen LogP contribution in [0.25, 0.3) is 22.6 Å². The van der Waals surface area contributed by atoms with Gasteiger partial charge < -0.3 is 9.32 Å². The van der Waals surface area contributed by atoms with Crippen molar-refractivity contribution in [3.8, 4) is 22.6 Å². The van der Waals surface area contributed by atoms with Gasteiger partial charge in [0.2, 0.25) is 5.91 Å². The van der Waals surface area contributed by atoms with Crippen LogP contribution >= 0.6 is 11.8 Å². The van der Waals surface area contributed by atoms with E-state index in [2.05, 4.69) is 0 Å². The Morgan fingerprint density at radius 2 is 1.37 bits per heavy atom. The van der Waals surface area contributed by atoms with Gasteiger partial charge in [0.05, 0.1) is 0 Å². The van der Waals surface area contributed by atoms with Crippen LogP contribution in [0.2, 0.25) is 0 Å². The van der Waals surface area contributed by atoms with Crippen molar-refractivity contribution in [2.24, 2.45) is 0 Å². The third-order valence-electron chi connectivity index (χ3n) is 4.68. The quantitative estimate of drug-likeness (QED) is 0.367. The third-order valence-corrected chi connectivity index (χ3v) is 5.76. The van der Waals surface area contributed by atoms with Crippen LogP contribution < -0.4 is 0 Å². The molecule has 1 heterocycles. The first-order valence-electron chi connectivity index (χ1n) is 9.68. The molecule has 4 nitrogen and oxygen atoms in total. The maximum atomic E-state index is 12.9. The Morgan fingerprint density at radius 3 is 1.93 bits per heavy atom. The molecule has 3 aromatic carbocycles. The van der Waals surface area contributed by atoms with Crippen LogP contribution in [0.15, 0.2) is 101 Å². The fraction of sp³-hybridized carbons (Fsp3) is 0.120. The molecule has 1 aromatic heterocycles. The lowest BCUT2D eigenvalue weighted by molar-refractivity contribution is -0.128. The zero-order valence-corrected chi connectivity index (χ0v) is 17.7. The van der Waals surface area contributed by atoms with Crippen LogP contribution in [0.4, 0.5) is 0 Å². The Labute approximate surface area is 180 Å². The van der Waals surface area contributed by atoms with Crippen LogP contribution in [0.3, 0.4) is 0 Å². The van der Waals surface area contributed by atoms with Crippen LogP contribution in [0.1, 0.15) is 10.8 Å². The summed E-state index contributed by atoms with van der Waals surface area (Å²) in [6.07, 6.45) is 0. The van der Waals surface area contributed by atoms with Gasteiger partial charge in [0, 0.05) is 25.2 Å². The van der Waals surface area contributed by atoms with Gasteiger partial charge in [-0.25, -0.2) is 4.98 Å². The van der Waals surface area contributed by atoms with Gasteiger partial charge in [-0.05, 0) is 17.3 Å². The number of nitrogens with zero attached hydrogens (tertiary/aromatic N) is 2. The molecule has 1 amide bonds. The number of oxazole rings is 1. The van der Waals surface area contributed by atoms with Gasteiger partial charge in [0.15, 0.2) is 5.76 Å². The summed E-state index contributed by atoms with van der Waals surface area (Å²) in [5.41, 5.74) is 3.61. The minimum absolute atomic E-state index is 0.00748. The predicted octanol–water partition coefficient (Wildman–Crippen LogP) is 5.93. The van der Waals surface area contributed by atoms with Gasteiger partial charge in [-0.1, -0.05) is 91.0 Å². The van der Waals surface area contributed by atoms with Crippen LogP contribution in [0.5, 0.6) is 0 Å². The molecule has 0 N–H and O–H groups in total. The fourth-order valence-electron chi connectivity index (χ4n) is 3.15. The lowest BCUT2D eigenvalue weighted by Gasteiger charge is -2.19. The summed E-state index contributed by atoms with van der Waals surface area (Å²) >= 11 is 1.33. The smallest absolute Gasteiger partial charge is 0.257 e. The lowest BCUT2D eigenvalue weighted by atomic mass is 10.1. The largest absolute Gasteiger partial charge is 0.431 e. The number of carbonyl (C=O) groups is 1. The van der Waals surface area contributed by atoms with Crippen molar-refractivity contribution >= 4 is 17.7 Å². The standard InChI is InChI=1S/C25H22N2O2S/c1-27(2)24(28)23(20-16-10-5-11-17-20)30-25-26-21(18-12-6-3-7-13-18)22(29-25)19-14-8-4-9-15-19/h3-17,23H,1-2H3/t23-/m1/s1. The summed E-state index contributed by atoms with van der Waals surface area (Å²) in [6.45, 7) is 0. The van der Waals surface area contributed by atoms with E-state index in [0.717, 1.165) is 22.4 Å². The van der Waals surface area contributed by atoms with Gasteiger partial charge in [0.25, 0.3) is 5.22 Å². The Kier molecular flexibility index (Phi) is 6.00. The van der Waals surface area contributed by atoms with Crippen molar-refractivity contribution in [2.75, 3.05) is 14.1 Å². The molecular weight excluding hydrogens is 392 g/mol. The first kappa shape index (κ1) is 20.0. The molecule has 0 aliphatic heterocycles. The van der Waals surface area contributed by atoms with Crippen molar-refractivity contribution in [3.05, 3.63) is 96.6 Å². The maximum Gasteiger partial charge on any atom is 0.257 e. The topological polar surface area (TPSA) is 46.3 Å². The molecule has 5 heteroatoms. The highest BCUT2D eigenvalue weighted by molar-refractivity contribution is 8.00. The molecule has 4 aromatic rings. The molecule has 0 saturated carbocycles. The van der Waals surface area contributed by atoms with Crippen molar-refractivity contribution < 1.29 is 9.21 Å². The van der Waals surface area contributed by atoms with Crippen molar-refractivity contribution in [1.29, 1.82) is 0 Å². The summed E-state index contributed by atoms with van der Waals surface area (Å²) in [7, 11) is 3.53. The van der Waals surface area contributed by atoms with Crippen molar-refractivity contribution in [3.63, 3.8) is 0 Å². The summed E-state index contributed by atoms with van der Waals surface area (Å²) in [5, 5.41) is 0.0313. The maximum absolute atomic E-state index is 12.9. The Morgan fingerprint density at radius 1 is 0.833 bits per heavy atom.